The molecule has 0 aliphatic heterocycles. The summed E-state index contributed by atoms with van der Waals surface area (Å²) in [6, 6.07) is 1.72. The van der Waals surface area contributed by atoms with E-state index < -0.39 is 0 Å². The molecule has 15 heavy (non-hydrogen) atoms. The fourth-order valence-electron chi connectivity index (χ4n) is 3.11. The van der Waals surface area contributed by atoms with Crippen LogP contribution in [0.15, 0.2) is 0 Å². The zero-order valence-corrected chi connectivity index (χ0v) is 10.3. The second kappa shape index (κ2) is 4.84. The summed E-state index contributed by atoms with van der Waals surface area (Å²) >= 11 is 0. The first-order valence-corrected chi connectivity index (χ1v) is 6.68. The van der Waals surface area contributed by atoms with Gasteiger partial charge in [-0.3, -0.25) is 4.90 Å². The van der Waals surface area contributed by atoms with Gasteiger partial charge in [0.05, 0.1) is 0 Å². The van der Waals surface area contributed by atoms with E-state index in [1.807, 2.05) is 0 Å². The highest BCUT2D eigenvalue weighted by Crippen LogP contribution is 2.37. The third kappa shape index (κ3) is 2.73. The lowest BCUT2D eigenvalue weighted by Crippen LogP contribution is -2.43. The molecule has 2 aliphatic rings. The molecule has 0 aromatic carbocycles. The zero-order chi connectivity index (χ0) is 10.8. The molecule has 2 rings (SSSR count). The van der Waals surface area contributed by atoms with Gasteiger partial charge in [-0.25, -0.2) is 0 Å². The van der Waals surface area contributed by atoms with E-state index in [2.05, 4.69) is 18.7 Å². The van der Waals surface area contributed by atoms with E-state index >= 15 is 0 Å². The maximum atomic E-state index is 5.89. The summed E-state index contributed by atoms with van der Waals surface area (Å²) in [6.07, 6.45) is 7.02. The van der Waals surface area contributed by atoms with Crippen molar-refractivity contribution in [1.29, 1.82) is 0 Å². The summed E-state index contributed by atoms with van der Waals surface area (Å²) in [4.78, 5) is 2.79. The van der Waals surface area contributed by atoms with Gasteiger partial charge in [-0.15, -0.1) is 0 Å². The molecule has 0 bridgehead atoms. The molecule has 2 heteroatoms. The predicted molar refractivity (Wildman–Crippen MR) is 64.7 cm³/mol. The van der Waals surface area contributed by atoms with Gasteiger partial charge in [-0.2, -0.15) is 0 Å². The number of nitrogens with two attached hydrogens (primary N) is 1. The van der Waals surface area contributed by atoms with Crippen molar-refractivity contribution >= 4 is 0 Å². The number of nitrogens with zero attached hydrogens (tertiary/aromatic N) is 1. The van der Waals surface area contributed by atoms with E-state index in [9.17, 15) is 0 Å². The second-order valence-electron chi connectivity index (χ2n) is 5.82. The molecule has 2 aliphatic carbocycles. The van der Waals surface area contributed by atoms with E-state index in [0.717, 1.165) is 30.5 Å². The number of hydrogen-bond acceptors (Lipinski definition) is 2. The Bertz CT molecular complexity index is 199. The lowest BCUT2D eigenvalue weighted by atomic mass is 10.0. The van der Waals surface area contributed by atoms with Crippen LogP contribution in [-0.4, -0.2) is 30.1 Å². The molecule has 0 amide bonds. The molecule has 0 spiro atoms. The van der Waals surface area contributed by atoms with Gasteiger partial charge < -0.3 is 5.73 Å². The third-order valence-electron chi connectivity index (χ3n) is 3.94. The van der Waals surface area contributed by atoms with Gasteiger partial charge in [0.1, 0.15) is 0 Å². The molecule has 2 saturated carbocycles. The molecule has 0 radical (unpaired) electrons. The lowest BCUT2D eigenvalue weighted by molar-refractivity contribution is 0.136. The molecular weight excluding hydrogens is 184 g/mol. The van der Waals surface area contributed by atoms with Crippen molar-refractivity contribution in [3.8, 4) is 0 Å². The van der Waals surface area contributed by atoms with Crippen molar-refractivity contribution < 1.29 is 0 Å². The van der Waals surface area contributed by atoms with Crippen LogP contribution >= 0.6 is 0 Å². The molecule has 2 fully saturated rings. The summed E-state index contributed by atoms with van der Waals surface area (Å²) in [7, 11) is 0. The summed E-state index contributed by atoms with van der Waals surface area (Å²) in [5.74, 6) is 1.58. The zero-order valence-electron chi connectivity index (χ0n) is 10.3. The van der Waals surface area contributed by atoms with Crippen molar-refractivity contribution in [3.63, 3.8) is 0 Å². The van der Waals surface area contributed by atoms with Crippen LogP contribution in [0, 0.1) is 11.8 Å². The van der Waals surface area contributed by atoms with Crippen LogP contribution < -0.4 is 5.73 Å². The van der Waals surface area contributed by atoms with Crippen molar-refractivity contribution in [1.82, 2.24) is 4.90 Å². The van der Waals surface area contributed by atoms with E-state index in [4.69, 9.17) is 5.73 Å². The summed E-state index contributed by atoms with van der Waals surface area (Å²) in [6.45, 7) is 6.85. The minimum Gasteiger partial charge on any atom is -0.330 e. The van der Waals surface area contributed by atoms with E-state index in [1.54, 1.807) is 0 Å². The molecular formula is C13H26N2. The highest BCUT2D eigenvalue weighted by Gasteiger charge is 2.39. The minimum atomic E-state index is 0.782. The van der Waals surface area contributed by atoms with Crippen LogP contribution in [-0.2, 0) is 0 Å². The Kier molecular flexibility index (Phi) is 3.68. The van der Waals surface area contributed by atoms with Crippen LogP contribution in [0.25, 0.3) is 0 Å². The Hall–Kier alpha value is -0.0800. The Morgan fingerprint density at radius 1 is 1.20 bits per heavy atom. The Labute approximate surface area is 94.2 Å². The average Bonchev–Trinajstić information content (AvgIpc) is 2.92. The molecule has 0 heterocycles. The largest absolute Gasteiger partial charge is 0.330 e. The van der Waals surface area contributed by atoms with Crippen molar-refractivity contribution in [3.05, 3.63) is 0 Å². The van der Waals surface area contributed by atoms with Crippen LogP contribution in [0.4, 0.5) is 0 Å². The van der Waals surface area contributed by atoms with Crippen LogP contribution in [0.2, 0.25) is 0 Å². The van der Waals surface area contributed by atoms with Crippen molar-refractivity contribution in [2.75, 3.05) is 13.1 Å². The van der Waals surface area contributed by atoms with Gasteiger partial charge in [-0.1, -0.05) is 20.3 Å². The maximum absolute atomic E-state index is 5.89. The topological polar surface area (TPSA) is 29.3 Å². The Balaban J connectivity index is 1.96. The second-order valence-corrected chi connectivity index (χ2v) is 5.82. The average molecular weight is 210 g/mol. The fraction of sp³-hybridized carbons (Fsp3) is 1.00. The quantitative estimate of drug-likeness (QED) is 0.754. The van der Waals surface area contributed by atoms with E-state index in [1.165, 1.54) is 38.6 Å². The minimum absolute atomic E-state index is 0.782. The Morgan fingerprint density at radius 3 is 2.47 bits per heavy atom. The number of hydrogen-bond donors (Lipinski definition) is 1. The Morgan fingerprint density at radius 2 is 1.93 bits per heavy atom. The molecule has 0 aromatic rings. The van der Waals surface area contributed by atoms with Gasteiger partial charge in [0.25, 0.3) is 0 Å². The maximum Gasteiger partial charge on any atom is 0.0139 e. The number of rotatable bonds is 5. The van der Waals surface area contributed by atoms with Gasteiger partial charge in [0, 0.05) is 18.6 Å². The van der Waals surface area contributed by atoms with Crippen LogP contribution in [0.1, 0.15) is 46.0 Å². The first-order chi connectivity index (χ1) is 7.22. The van der Waals surface area contributed by atoms with Crippen LogP contribution in [0.3, 0.4) is 0 Å². The lowest BCUT2D eigenvalue weighted by Gasteiger charge is -2.34. The van der Waals surface area contributed by atoms with Gasteiger partial charge in [0.2, 0.25) is 0 Å². The molecule has 2 unspecified atom stereocenters. The predicted octanol–water partition coefficient (Wildman–Crippen LogP) is 2.23. The van der Waals surface area contributed by atoms with Gasteiger partial charge in [0.15, 0.2) is 0 Å². The standard InChI is InChI=1S/C13H26N2/c1-10(2)9-15(12-6-7-12)13-5-3-4-11(13)8-14/h10-13H,3-9,14H2,1-2H3. The normalized spacial score (nSPS) is 31.8. The molecule has 88 valence electrons. The van der Waals surface area contributed by atoms with E-state index in [-0.39, 0.29) is 0 Å². The highest BCUT2D eigenvalue weighted by molar-refractivity contribution is 4.94. The highest BCUT2D eigenvalue weighted by atomic mass is 15.2. The van der Waals surface area contributed by atoms with Crippen molar-refractivity contribution in [2.24, 2.45) is 17.6 Å². The molecule has 0 aromatic heterocycles. The first-order valence-electron chi connectivity index (χ1n) is 6.68. The smallest absolute Gasteiger partial charge is 0.0139 e. The summed E-state index contributed by atoms with van der Waals surface area (Å²) in [5, 5.41) is 0. The van der Waals surface area contributed by atoms with Gasteiger partial charge in [-0.05, 0) is 44.1 Å². The third-order valence-corrected chi connectivity index (χ3v) is 3.94. The fourth-order valence-corrected chi connectivity index (χ4v) is 3.11. The molecule has 2 atom stereocenters. The van der Waals surface area contributed by atoms with Crippen LogP contribution in [0.5, 0.6) is 0 Å². The SMILES string of the molecule is CC(C)CN(C1CC1)C1CCCC1CN. The van der Waals surface area contributed by atoms with Gasteiger partial charge >= 0.3 is 0 Å². The summed E-state index contributed by atoms with van der Waals surface area (Å²) < 4.78 is 0. The van der Waals surface area contributed by atoms with E-state index in [0.29, 0.717) is 0 Å². The first kappa shape index (κ1) is 11.4. The monoisotopic (exact) mass is 210 g/mol. The molecule has 2 N–H and O–H groups in total. The molecule has 0 saturated heterocycles. The molecule has 2 nitrogen and oxygen atoms in total. The van der Waals surface area contributed by atoms with Crippen molar-refractivity contribution in [2.45, 2.75) is 58.0 Å². The summed E-state index contributed by atoms with van der Waals surface area (Å²) in [5.41, 5.74) is 5.89.